The molecule has 0 spiro atoms. The molecule has 2 heterocycles. The molecule has 0 aromatic carbocycles. The van der Waals surface area contributed by atoms with Crippen LogP contribution in [0.3, 0.4) is 0 Å². The van der Waals surface area contributed by atoms with Crippen LogP contribution in [0.25, 0.3) is 0 Å². The molecule has 0 bridgehead atoms. The molecule has 2 rings (SSSR count). The number of rotatable bonds is 5. The zero-order valence-corrected chi connectivity index (χ0v) is 9.30. The summed E-state index contributed by atoms with van der Waals surface area (Å²) in [6, 6.07) is -0.350. The van der Waals surface area contributed by atoms with Gasteiger partial charge in [-0.05, 0) is 6.54 Å². The SMILES string of the molecule is NCCc1cn(CCN2C(=O)CNC2=O)nn1. The first kappa shape index (κ1) is 11.5. The number of amides is 3. The van der Waals surface area contributed by atoms with Crippen molar-refractivity contribution < 1.29 is 9.59 Å². The maximum absolute atomic E-state index is 11.3. The summed E-state index contributed by atoms with van der Waals surface area (Å²) < 4.78 is 1.60. The van der Waals surface area contributed by atoms with Crippen molar-refractivity contribution in [3.63, 3.8) is 0 Å². The van der Waals surface area contributed by atoms with Gasteiger partial charge in [-0.25, -0.2) is 4.79 Å². The summed E-state index contributed by atoms with van der Waals surface area (Å²) in [4.78, 5) is 23.7. The monoisotopic (exact) mass is 238 g/mol. The molecule has 1 aromatic rings. The van der Waals surface area contributed by atoms with Gasteiger partial charge in [-0.2, -0.15) is 0 Å². The number of hydrogen-bond donors (Lipinski definition) is 2. The van der Waals surface area contributed by atoms with E-state index < -0.39 is 0 Å². The Morgan fingerprint density at radius 2 is 2.24 bits per heavy atom. The van der Waals surface area contributed by atoms with Crippen LogP contribution in [0.1, 0.15) is 5.69 Å². The molecule has 0 aliphatic carbocycles. The maximum Gasteiger partial charge on any atom is 0.324 e. The normalized spacial score (nSPS) is 15.5. The Kier molecular flexibility index (Phi) is 3.33. The van der Waals surface area contributed by atoms with Crippen molar-refractivity contribution in [2.45, 2.75) is 13.0 Å². The molecule has 1 fully saturated rings. The summed E-state index contributed by atoms with van der Waals surface area (Å²) in [5, 5.41) is 10.3. The van der Waals surface area contributed by atoms with Crippen molar-refractivity contribution >= 4 is 11.9 Å². The summed E-state index contributed by atoms with van der Waals surface area (Å²) in [6.45, 7) is 1.34. The predicted octanol–water partition coefficient (Wildman–Crippen LogP) is -1.67. The highest BCUT2D eigenvalue weighted by Crippen LogP contribution is 2.00. The molecule has 0 unspecified atom stereocenters. The van der Waals surface area contributed by atoms with Crippen molar-refractivity contribution in [1.82, 2.24) is 25.2 Å². The largest absolute Gasteiger partial charge is 0.330 e. The minimum absolute atomic E-state index is 0.0780. The lowest BCUT2D eigenvalue weighted by atomic mass is 10.3. The van der Waals surface area contributed by atoms with Gasteiger partial charge < -0.3 is 11.1 Å². The molecule has 0 radical (unpaired) electrons. The molecule has 8 heteroatoms. The van der Waals surface area contributed by atoms with E-state index >= 15 is 0 Å². The zero-order valence-electron chi connectivity index (χ0n) is 9.30. The summed E-state index contributed by atoms with van der Waals surface area (Å²) in [5.74, 6) is -0.211. The predicted molar refractivity (Wildman–Crippen MR) is 57.9 cm³/mol. The van der Waals surface area contributed by atoms with E-state index in [1.165, 1.54) is 4.90 Å². The van der Waals surface area contributed by atoms with E-state index in [0.717, 1.165) is 5.69 Å². The van der Waals surface area contributed by atoms with E-state index in [2.05, 4.69) is 15.6 Å². The average molecular weight is 238 g/mol. The van der Waals surface area contributed by atoms with Gasteiger partial charge in [0.2, 0.25) is 5.91 Å². The molecule has 92 valence electrons. The smallest absolute Gasteiger partial charge is 0.324 e. The van der Waals surface area contributed by atoms with Crippen molar-refractivity contribution in [2.24, 2.45) is 5.73 Å². The topological polar surface area (TPSA) is 106 Å². The Morgan fingerprint density at radius 3 is 2.88 bits per heavy atom. The fourth-order valence-corrected chi connectivity index (χ4v) is 1.59. The number of urea groups is 1. The van der Waals surface area contributed by atoms with Crippen LogP contribution in [0.4, 0.5) is 4.79 Å². The molecule has 1 aliphatic heterocycles. The van der Waals surface area contributed by atoms with Gasteiger partial charge in [-0.15, -0.1) is 5.10 Å². The molecular weight excluding hydrogens is 224 g/mol. The number of carbonyl (C=O) groups is 2. The summed E-state index contributed by atoms with van der Waals surface area (Å²) in [7, 11) is 0. The van der Waals surface area contributed by atoms with E-state index in [9.17, 15) is 9.59 Å². The van der Waals surface area contributed by atoms with Crippen molar-refractivity contribution in [3.8, 4) is 0 Å². The third-order valence-corrected chi connectivity index (χ3v) is 2.48. The van der Waals surface area contributed by atoms with Crippen LogP contribution in [0, 0.1) is 0 Å². The van der Waals surface area contributed by atoms with Gasteiger partial charge in [-0.1, -0.05) is 5.21 Å². The number of nitrogens with one attached hydrogen (secondary N) is 1. The first-order valence-corrected chi connectivity index (χ1v) is 5.38. The van der Waals surface area contributed by atoms with Gasteiger partial charge in [0.25, 0.3) is 0 Å². The number of aromatic nitrogens is 3. The quantitative estimate of drug-likeness (QED) is 0.597. The lowest BCUT2D eigenvalue weighted by molar-refractivity contribution is -0.125. The number of nitrogens with two attached hydrogens (primary N) is 1. The Morgan fingerprint density at radius 1 is 1.41 bits per heavy atom. The van der Waals surface area contributed by atoms with Gasteiger partial charge >= 0.3 is 6.03 Å². The Bertz CT molecular complexity index is 413. The van der Waals surface area contributed by atoms with Gasteiger partial charge in [0, 0.05) is 12.6 Å². The fourth-order valence-electron chi connectivity index (χ4n) is 1.59. The van der Waals surface area contributed by atoms with Crippen LogP contribution in [-0.2, 0) is 17.8 Å². The molecule has 1 aromatic heterocycles. The summed E-state index contributed by atoms with van der Waals surface area (Å²) in [6.07, 6.45) is 2.44. The lowest BCUT2D eigenvalue weighted by Crippen LogP contribution is -2.33. The molecule has 3 N–H and O–H groups in total. The highest BCUT2D eigenvalue weighted by molar-refractivity contribution is 6.01. The van der Waals surface area contributed by atoms with Crippen LogP contribution < -0.4 is 11.1 Å². The van der Waals surface area contributed by atoms with Gasteiger partial charge in [-0.3, -0.25) is 14.4 Å². The van der Waals surface area contributed by atoms with Crippen LogP contribution in [0.5, 0.6) is 0 Å². The van der Waals surface area contributed by atoms with Crippen LogP contribution >= 0.6 is 0 Å². The van der Waals surface area contributed by atoms with Gasteiger partial charge in [0.15, 0.2) is 0 Å². The van der Waals surface area contributed by atoms with Crippen molar-refractivity contribution in [3.05, 3.63) is 11.9 Å². The highest BCUT2D eigenvalue weighted by Gasteiger charge is 2.27. The summed E-state index contributed by atoms with van der Waals surface area (Å²) >= 11 is 0. The lowest BCUT2D eigenvalue weighted by Gasteiger charge is -2.11. The maximum atomic E-state index is 11.3. The third kappa shape index (κ3) is 2.59. The second-order valence-corrected chi connectivity index (χ2v) is 3.72. The average Bonchev–Trinajstić information content (AvgIpc) is 2.86. The van der Waals surface area contributed by atoms with Crippen molar-refractivity contribution in [1.29, 1.82) is 0 Å². The standard InChI is InChI=1S/C9H14N6O2/c10-2-1-7-6-14(13-12-7)3-4-15-8(16)5-11-9(15)17/h6H,1-5,10H2,(H,11,17). The molecular formula is C9H14N6O2. The van der Waals surface area contributed by atoms with E-state index in [0.29, 0.717) is 26.1 Å². The van der Waals surface area contributed by atoms with Gasteiger partial charge in [0.1, 0.15) is 0 Å². The highest BCUT2D eigenvalue weighted by atomic mass is 16.2. The van der Waals surface area contributed by atoms with Crippen LogP contribution in [0.2, 0.25) is 0 Å². The molecule has 3 amide bonds. The summed E-state index contributed by atoms with van der Waals surface area (Å²) in [5.41, 5.74) is 6.21. The third-order valence-electron chi connectivity index (χ3n) is 2.48. The molecule has 8 nitrogen and oxygen atoms in total. The Balaban J connectivity index is 1.88. The Hall–Kier alpha value is -1.96. The van der Waals surface area contributed by atoms with E-state index in [-0.39, 0.29) is 18.5 Å². The minimum atomic E-state index is -0.350. The van der Waals surface area contributed by atoms with E-state index in [1.807, 2.05) is 0 Å². The van der Waals surface area contributed by atoms with Crippen molar-refractivity contribution in [2.75, 3.05) is 19.6 Å². The molecule has 17 heavy (non-hydrogen) atoms. The number of imide groups is 1. The number of hydrogen-bond acceptors (Lipinski definition) is 5. The minimum Gasteiger partial charge on any atom is -0.330 e. The first-order valence-electron chi connectivity index (χ1n) is 5.38. The second-order valence-electron chi connectivity index (χ2n) is 3.72. The number of carbonyl (C=O) groups excluding carboxylic acids is 2. The van der Waals surface area contributed by atoms with E-state index in [4.69, 9.17) is 5.73 Å². The van der Waals surface area contributed by atoms with Crippen LogP contribution in [0.15, 0.2) is 6.20 Å². The first-order chi connectivity index (χ1) is 8.20. The number of nitrogens with zero attached hydrogens (tertiary/aromatic N) is 4. The van der Waals surface area contributed by atoms with Crippen LogP contribution in [-0.4, -0.2) is 51.5 Å². The Labute approximate surface area is 97.7 Å². The molecule has 0 atom stereocenters. The van der Waals surface area contributed by atoms with E-state index in [1.54, 1.807) is 10.9 Å². The van der Waals surface area contributed by atoms with Gasteiger partial charge in [0.05, 0.1) is 25.3 Å². The molecule has 1 saturated heterocycles. The zero-order chi connectivity index (χ0) is 12.3. The fraction of sp³-hybridized carbons (Fsp3) is 0.556. The second kappa shape index (κ2) is 4.91. The molecule has 1 aliphatic rings. The molecule has 0 saturated carbocycles.